The van der Waals surface area contributed by atoms with E-state index in [0.717, 1.165) is 6.42 Å². The molecular weight excluding hydrogens is 190 g/mol. The molecule has 15 heavy (non-hydrogen) atoms. The molecule has 3 heteroatoms. The maximum absolute atomic E-state index is 9.85. The zero-order chi connectivity index (χ0) is 10.4. The maximum Gasteiger partial charge on any atom is 0.0977 e. The lowest BCUT2D eigenvalue weighted by Gasteiger charge is -2.45. The highest BCUT2D eigenvalue weighted by atomic mass is 16.5. The van der Waals surface area contributed by atoms with Gasteiger partial charge in [-0.1, -0.05) is 18.2 Å². The van der Waals surface area contributed by atoms with E-state index in [4.69, 9.17) is 4.74 Å². The third-order valence-corrected chi connectivity index (χ3v) is 3.53. The number of ether oxygens (including phenoxy) is 1. The van der Waals surface area contributed by atoms with Crippen molar-refractivity contribution in [2.45, 2.75) is 24.7 Å². The fourth-order valence-electron chi connectivity index (χ4n) is 2.66. The highest BCUT2D eigenvalue weighted by molar-refractivity contribution is 5.57. The Morgan fingerprint density at radius 1 is 1.40 bits per heavy atom. The molecule has 3 nitrogen and oxygen atoms in total. The third kappa shape index (κ3) is 1.27. The molecule has 1 aromatic carbocycles. The van der Waals surface area contributed by atoms with Crippen molar-refractivity contribution in [2.24, 2.45) is 0 Å². The molecule has 0 aliphatic carbocycles. The van der Waals surface area contributed by atoms with Crippen LogP contribution in [-0.2, 0) is 4.74 Å². The second-order valence-electron chi connectivity index (χ2n) is 4.36. The van der Waals surface area contributed by atoms with E-state index in [1.807, 2.05) is 19.2 Å². The van der Waals surface area contributed by atoms with Gasteiger partial charge in [0.2, 0.25) is 0 Å². The van der Waals surface area contributed by atoms with Gasteiger partial charge in [0.15, 0.2) is 0 Å². The van der Waals surface area contributed by atoms with E-state index in [-0.39, 0.29) is 18.2 Å². The van der Waals surface area contributed by atoms with Gasteiger partial charge in [0.25, 0.3) is 0 Å². The van der Waals surface area contributed by atoms with Gasteiger partial charge >= 0.3 is 0 Å². The van der Waals surface area contributed by atoms with Crippen LogP contribution >= 0.6 is 0 Å². The van der Waals surface area contributed by atoms with Crippen LogP contribution in [0.1, 0.15) is 18.1 Å². The molecule has 0 amide bonds. The van der Waals surface area contributed by atoms with E-state index < -0.39 is 0 Å². The average molecular weight is 205 g/mol. The van der Waals surface area contributed by atoms with Gasteiger partial charge < -0.3 is 14.7 Å². The summed E-state index contributed by atoms with van der Waals surface area (Å²) in [4.78, 5) is 2.18. The van der Waals surface area contributed by atoms with Gasteiger partial charge in [-0.15, -0.1) is 0 Å². The van der Waals surface area contributed by atoms with Gasteiger partial charge in [-0.3, -0.25) is 0 Å². The predicted octanol–water partition coefficient (Wildman–Crippen LogP) is 1.33. The fourth-order valence-corrected chi connectivity index (χ4v) is 2.66. The van der Waals surface area contributed by atoms with Crippen LogP contribution in [0.4, 0.5) is 5.69 Å². The zero-order valence-corrected chi connectivity index (χ0v) is 8.76. The minimum absolute atomic E-state index is 0.172. The number of aliphatic hydroxyl groups is 1. The summed E-state index contributed by atoms with van der Waals surface area (Å²) in [6, 6.07) is 8.49. The zero-order valence-electron chi connectivity index (χ0n) is 8.76. The molecule has 2 aliphatic rings. The van der Waals surface area contributed by atoms with Crippen LogP contribution in [0.15, 0.2) is 24.3 Å². The average Bonchev–Trinajstić information content (AvgIpc) is 2.28. The molecule has 0 unspecified atom stereocenters. The van der Waals surface area contributed by atoms with Gasteiger partial charge in [-0.25, -0.2) is 0 Å². The Bertz CT molecular complexity index is 380. The van der Waals surface area contributed by atoms with Crippen molar-refractivity contribution in [3.8, 4) is 0 Å². The summed E-state index contributed by atoms with van der Waals surface area (Å²) in [7, 11) is 2.05. The van der Waals surface area contributed by atoms with E-state index in [9.17, 15) is 5.11 Å². The standard InChI is InChI=1S/C12H15NO2/c1-13-9-5-3-2-4-8(9)12-6-10(13)11(14)7-15-12/h2-5,10-12,14H,6-7H2,1H3/t10-,11-,12-/m1/s1. The highest BCUT2D eigenvalue weighted by Crippen LogP contribution is 2.41. The van der Waals surface area contributed by atoms with Crippen LogP contribution < -0.4 is 4.90 Å². The Morgan fingerprint density at radius 3 is 3.07 bits per heavy atom. The van der Waals surface area contributed by atoms with E-state index in [0.29, 0.717) is 6.61 Å². The number of anilines is 1. The molecule has 2 heterocycles. The molecule has 1 N–H and O–H groups in total. The predicted molar refractivity (Wildman–Crippen MR) is 57.9 cm³/mol. The first-order valence-corrected chi connectivity index (χ1v) is 5.39. The first kappa shape index (κ1) is 9.19. The first-order chi connectivity index (χ1) is 7.27. The molecule has 3 atom stereocenters. The molecule has 0 saturated carbocycles. The Labute approximate surface area is 89.3 Å². The van der Waals surface area contributed by atoms with Crippen molar-refractivity contribution in [1.82, 2.24) is 0 Å². The van der Waals surface area contributed by atoms with Crippen molar-refractivity contribution < 1.29 is 9.84 Å². The van der Waals surface area contributed by atoms with Crippen molar-refractivity contribution >= 4 is 5.69 Å². The summed E-state index contributed by atoms with van der Waals surface area (Å²) in [5.41, 5.74) is 2.45. The van der Waals surface area contributed by atoms with Crippen LogP contribution in [0.25, 0.3) is 0 Å². The first-order valence-electron chi connectivity index (χ1n) is 5.39. The third-order valence-electron chi connectivity index (χ3n) is 3.53. The molecule has 1 saturated heterocycles. The molecule has 2 bridgehead atoms. The van der Waals surface area contributed by atoms with Crippen molar-refractivity contribution in [3.63, 3.8) is 0 Å². The Kier molecular flexibility index (Phi) is 1.97. The lowest BCUT2D eigenvalue weighted by Crippen LogP contribution is -2.51. The largest absolute Gasteiger partial charge is 0.389 e. The molecule has 80 valence electrons. The number of fused-ring (bicyclic) bond motifs is 4. The summed E-state index contributed by atoms with van der Waals surface area (Å²) in [5, 5.41) is 9.85. The summed E-state index contributed by atoms with van der Waals surface area (Å²) in [6.07, 6.45) is 0.708. The molecule has 2 aliphatic heterocycles. The Hall–Kier alpha value is -1.06. The Morgan fingerprint density at radius 2 is 2.20 bits per heavy atom. The van der Waals surface area contributed by atoms with Crippen LogP contribution in [0.5, 0.6) is 0 Å². The summed E-state index contributed by atoms with van der Waals surface area (Å²) >= 11 is 0. The van der Waals surface area contributed by atoms with E-state index in [2.05, 4.69) is 17.0 Å². The van der Waals surface area contributed by atoms with E-state index in [1.165, 1.54) is 11.3 Å². The molecule has 0 aromatic heterocycles. The van der Waals surface area contributed by atoms with E-state index >= 15 is 0 Å². The minimum atomic E-state index is -0.361. The number of hydrogen-bond acceptors (Lipinski definition) is 3. The molecule has 0 spiro atoms. The second-order valence-corrected chi connectivity index (χ2v) is 4.36. The number of para-hydroxylation sites is 1. The van der Waals surface area contributed by atoms with Crippen LogP contribution in [0, 0.1) is 0 Å². The van der Waals surface area contributed by atoms with Crippen LogP contribution in [-0.4, -0.2) is 30.9 Å². The van der Waals surface area contributed by atoms with Gasteiger partial charge in [0.05, 0.1) is 24.9 Å². The molecule has 1 fully saturated rings. The molecule has 3 rings (SSSR count). The number of nitrogens with zero attached hydrogens (tertiary/aromatic N) is 1. The SMILES string of the molecule is CN1c2ccccc2[C@H]2C[C@@H]1[C@H](O)CO2. The smallest absolute Gasteiger partial charge is 0.0977 e. The summed E-state index contributed by atoms with van der Waals surface area (Å²) in [5.74, 6) is 0. The number of rotatable bonds is 0. The normalized spacial score (nSPS) is 33.7. The number of benzene rings is 1. The maximum atomic E-state index is 9.85. The number of hydrogen-bond donors (Lipinski definition) is 1. The van der Waals surface area contributed by atoms with Crippen molar-refractivity contribution in [1.29, 1.82) is 0 Å². The molecule has 0 radical (unpaired) electrons. The number of likely N-dealkylation sites (N-methyl/N-ethyl adjacent to an activating group) is 1. The Balaban J connectivity index is 2.08. The highest BCUT2D eigenvalue weighted by Gasteiger charge is 2.39. The molecular formula is C12H15NO2. The van der Waals surface area contributed by atoms with Crippen LogP contribution in [0.2, 0.25) is 0 Å². The fraction of sp³-hybridized carbons (Fsp3) is 0.500. The van der Waals surface area contributed by atoms with Gasteiger partial charge in [-0.05, 0) is 6.07 Å². The number of aliphatic hydroxyl groups excluding tert-OH is 1. The topological polar surface area (TPSA) is 32.7 Å². The summed E-state index contributed by atoms with van der Waals surface area (Å²) in [6.45, 7) is 0.452. The van der Waals surface area contributed by atoms with Crippen LogP contribution in [0.3, 0.4) is 0 Å². The van der Waals surface area contributed by atoms with Crippen molar-refractivity contribution in [2.75, 3.05) is 18.6 Å². The lowest BCUT2D eigenvalue weighted by atomic mass is 9.89. The molecule has 1 aromatic rings. The van der Waals surface area contributed by atoms with Gasteiger partial charge in [0.1, 0.15) is 0 Å². The monoisotopic (exact) mass is 205 g/mol. The van der Waals surface area contributed by atoms with E-state index in [1.54, 1.807) is 0 Å². The quantitative estimate of drug-likeness (QED) is 0.693. The van der Waals surface area contributed by atoms with Crippen molar-refractivity contribution in [3.05, 3.63) is 29.8 Å². The summed E-state index contributed by atoms with van der Waals surface area (Å²) < 4.78 is 5.66. The second kappa shape index (κ2) is 3.22. The van der Waals surface area contributed by atoms with Gasteiger partial charge in [-0.2, -0.15) is 0 Å². The minimum Gasteiger partial charge on any atom is -0.389 e. The lowest BCUT2D eigenvalue weighted by molar-refractivity contribution is -0.0731. The van der Waals surface area contributed by atoms with Gasteiger partial charge in [0, 0.05) is 24.7 Å².